The molecule has 4 heteroatoms. The summed E-state index contributed by atoms with van der Waals surface area (Å²) >= 11 is 6.26. The van der Waals surface area contributed by atoms with Crippen molar-refractivity contribution in [2.75, 3.05) is 31.2 Å². The number of nitrogens with zero attached hydrogens (tertiary/aromatic N) is 1. The minimum atomic E-state index is 0.519. The molecule has 0 atom stereocenters. The maximum Gasteiger partial charge on any atom is 0.0642 e. The third kappa shape index (κ3) is 4.19. The topological polar surface area (TPSA) is 38.5 Å². The summed E-state index contributed by atoms with van der Waals surface area (Å²) < 4.78 is 5.37. The first-order valence-corrected chi connectivity index (χ1v) is 6.41. The molecular formula is C13H21ClN2O. The molecule has 3 nitrogen and oxygen atoms in total. The van der Waals surface area contributed by atoms with Gasteiger partial charge in [0.2, 0.25) is 0 Å². The van der Waals surface area contributed by atoms with Gasteiger partial charge in [-0.2, -0.15) is 0 Å². The highest BCUT2D eigenvalue weighted by molar-refractivity contribution is 6.33. The van der Waals surface area contributed by atoms with Crippen LogP contribution in [0.1, 0.15) is 19.4 Å². The van der Waals surface area contributed by atoms with Crippen LogP contribution in [0.4, 0.5) is 5.69 Å². The third-order valence-corrected chi connectivity index (χ3v) is 2.98. The molecule has 0 amide bonds. The largest absolute Gasteiger partial charge is 0.380 e. The van der Waals surface area contributed by atoms with Gasteiger partial charge in [0, 0.05) is 26.2 Å². The van der Waals surface area contributed by atoms with Gasteiger partial charge in [-0.3, -0.25) is 0 Å². The normalized spacial score (nSPS) is 10.6. The Morgan fingerprint density at radius 2 is 2.12 bits per heavy atom. The maximum absolute atomic E-state index is 6.26. The van der Waals surface area contributed by atoms with Gasteiger partial charge in [0.05, 0.1) is 17.3 Å². The number of hydrogen-bond donors (Lipinski definition) is 1. The Kier molecular flexibility index (Phi) is 6.34. The second-order valence-corrected chi connectivity index (χ2v) is 4.17. The summed E-state index contributed by atoms with van der Waals surface area (Å²) in [5.74, 6) is 0. The van der Waals surface area contributed by atoms with E-state index in [1.807, 2.05) is 25.1 Å². The number of rotatable bonds is 7. The summed E-state index contributed by atoms with van der Waals surface area (Å²) in [4.78, 5) is 2.21. The zero-order chi connectivity index (χ0) is 12.7. The molecule has 0 heterocycles. The summed E-state index contributed by atoms with van der Waals surface area (Å²) in [5.41, 5.74) is 7.69. The Morgan fingerprint density at radius 1 is 1.35 bits per heavy atom. The molecule has 0 aliphatic carbocycles. The predicted octanol–water partition coefficient (Wildman–Crippen LogP) is 2.66. The molecule has 0 spiro atoms. The maximum atomic E-state index is 6.26. The fourth-order valence-corrected chi connectivity index (χ4v) is 2.02. The van der Waals surface area contributed by atoms with Crippen LogP contribution in [-0.4, -0.2) is 26.3 Å². The first-order chi connectivity index (χ1) is 8.22. The lowest BCUT2D eigenvalue weighted by Gasteiger charge is -2.24. The van der Waals surface area contributed by atoms with Gasteiger partial charge < -0.3 is 15.4 Å². The average Bonchev–Trinajstić information content (AvgIpc) is 2.35. The Balaban J connectivity index is 2.73. The minimum absolute atomic E-state index is 0.519. The van der Waals surface area contributed by atoms with Crippen molar-refractivity contribution in [2.45, 2.75) is 20.4 Å². The number of hydrogen-bond acceptors (Lipinski definition) is 3. The van der Waals surface area contributed by atoms with Crippen LogP contribution in [0, 0.1) is 0 Å². The number of anilines is 1. The van der Waals surface area contributed by atoms with Gasteiger partial charge in [-0.25, -0.2) is 0 Å². The molecular weight excluding hydrogens is 236 g/mol. The molecule has 0 aliphatic rings. The summed E-state index contributed by atoms with van der Waals surface area (Å²) in [6.07, 6.45) is 0. The first-order valence-electron chi connectivity index (χ1n) is 6.04. The molecule has 0 bridgehead atoms. The fourth-order valence-electron chi connectivity index (χ4n) is 1.70. The molecule has 0 saturated carbocycles. The highest BCUT2D eigenvalue weighted by atomic mass is 35.5. The number of halogens is 1. The molecule has 0 radical (unpaired) electrons. The molecule has 1 aromatic carbocycles. The van der Waals surface area contributed by atoms with E-state index in [-0.39, 0.29) is 0 Å². The predicted molar refractivity (Wildman–Crippen MR) is 73.7 cm³/mol. The zero-order valence-electron chi connectivity index (χ0n) is 10.6. The molecule has 0 saturated heterocycles. The van der Waals surface area contributed by atoms with Crippen molar-refractivity contribution in [1.29, 1.82) is 0 Å². The molecule has 0 aliphatic heterocycles. The lowest BCUT2D eigenvalue weighted by Crippen LogP contribution is -2.27. The fraction of sp³-hybridized carbons (Fsp3) is 0.538. The number of likely N-dealkylation sites (N-methyl/N-ethyl adjacent to an activating group) is 1. The van der Waals surface area contributed by atoms with E-state index in [1.54, 1.807) is 0 Å². The van der Waals surface area contributed by atoms with E-state index < -0.39 is 0 Å². The summed E-state index contributed by atoms with van der Waals surface area (Å²) in [5, 5.41) is 0.756. The Labute approximate surface area is 109 Å². The quantitative estimate of drug-likeness (QED) is 0.763. The Hall–Kier alpha value is -0.770. The van der Waals surface area contributed by atoms with Gasteiger partial charge in [0.15, 0.2) is 0 Å². The van der Waals surface area contributed by atoms with E-state index in [0.29, 0.717) is 6.54 Å². The molecule has 17 heavy (non-hydrogen) atoms. The van der Waals surface area contributed by atoms with E-state index in [1.165, 1.54) is 0 Å². The number of benzene rings is 1. The zero-order valence-corrected chi connectivity index (χ0v) is 11.3. The third-order valence-electron chi connectivity index (χ3n) is 2.68. The minimum Gasteiger partial charge on any atom is -0.380 e. The number of ether oxygens (including phenoxy) is 1. The lowest BCUT2D eigenvalue weighted by molar-refractivity contribution is 0.154. The second kappa shape index (κ2) is 7.54. The van der Waals surface area contributed by atoms with Crippen LogP contribution in [0.25, 0.3) is 0 Å². The van der Waals surface area contributed by atoms with Crippen molar-refractivity contribution < 1.29 is 4.74 Å². The van der Waals surface area contributed by atoms with Crippen LogP contribution in [-0.2, 0) is 11.3 Å². The van der Waals surface area contributed by atoms with Gasteiger partial charge in [-0.1, -0.05) is 17.7 Å². The Morgan fingerprint density at radius 3 is 2.65 bits per heavy atom. The van der Waals surface area contributed by atoms with Crippen LogP contribution < -0.4 is 10.6 Å². The van der Waals surface area contributed by atoms with Crippen LogP contribution in [0.15, 0.2) is 18.2 Å². The molecule has 1 rings (SSSR count). The smallest absolute Gasteiger partial charge is 0.0642 e. The summed E-state index contributed by atoms with van der Waals surface area (Å²) in [6.45, 7) is 7.86. The van der Waals surface area contributed by atoms with Gasteiger partial charge in [-0.05, 0) is 31.5 Å². The summed E-state index contributed by atoms with van der Waals surface area (Å²) in [7, 11) is 0. The number of nitrogens with two attached hydrogens (primary N) is 1. The molecule has 1 aromatic rings. The molecule has 96 valence electrons. The van der Waals surface area contributed by atoms with Crippen molar-refractivity contribution in [1.82, 2.24) is 0 Å². The van der Waals surface area contributed by atoms with Crippen LogP contribution >= 0.6 is 11.6 Å². The highest BCUT2D eigenvalue weighted by Gasteiger charge is 2.08. The molecule has 0 unspecified atom stereocenters. The average molecular weight is 257 g/mol. The van der Waals surface area contributed by atoms with Crippen LogP contribution in [0.2, 0.25) is 5.02 Å². The van der Waals surface area contributed by atoms with E-state index in [9.17, 15) is 0 Å². The van der Waals surface area contributed by atoms with Crippen molar-refractivity contribution in [3.63, 3.8) is 0 Å². The van der Waals surface area contributed by atoms with Gasteiger partial charge in [-0.15, -0.1) is 0 Å². The van der Waals surface area contributed by atoms with Gasteiger partial charge in [0.25, 0.3) is 0 Å². The Bertz CT molecular complexity index is 344. The molecule has 2 N–H and O–H groups in total. The highest BCUT2D eigenvalue weighted by Crippen LogP contribution is 2.26. The van der Waals surface area contributed by atoms with E-state index >= 15 is 0 Å². The van der Waals surface area contributed by atoms with Gasteiger partial charge in [0.1, 0.15) is 0 Å². The first kappa shape index (κ1) is 14.3. The van der Waals surface area contributed by atoms with Crippen molar-refractivity contribution in [3.05, 3.63) is 28.8 Å². The second-order valence-electron chi connectivity index (χ2n) is 3.77. The molecule has 0 fully saturated rings. The monoisotopic (exact) mass is 256 g/mol. The van der Waals surface area contributed by atoms with Crippen LogP contribution in [0.3, 0.4) is 0 Å². The van der Waals surface area contributed by atoms with E-state index in [4.69, 9.17) is 22.1 Å². The van der Waals surface area contributed by atoms with Crippen molar-refractivity contribution in [3.8, 4) is 0 Å². The van der Waals surface area contributed by atoms with Gasteiger partial charge >= 0.3 is 0 Å². The summed E-state index contributed by atoms with van der Waals surface area (Å²) in [6, 6.07) is 5.98. The SMILES string of the molecule is CCOCCN(CC)c1ccc(CN)cc1Cl. The lowest BCUT2D eigenvalue weighted by atomic mass is 10.2. The standard InChI is InChI=1S/C13H21ClN2O/c1-3-16(7-8-17-4-2)13-6-5-11(10-15)9-12(13)14/h5-6,9H,3-4,7-8,10,15H2,1-2H3. The van der Waals surface area contributed by atoms with Crippen LogP contribution in [0.5, 0.6) is 0 Å². The van der Waals surface area contributed by atoms with Crippen molar-refractivity contribution >= 4 is 17.3 Å². The molecule has 0 aromatic heterocycles. The van der Waals surface area contributed by atoms with Crippen molar-refractivity contribution in [2.24, 2.45) is 5.73 Å². The van der Waals surface area contributed by atoms with E-state index in [2.05, 4.69) is 11.8 Å². The van der Waals surface area contributed by atoms with E-state index in [0.717, 1.165) is 42.6 Å².